The number of hydrogen-bond donors (Lipinski definition) is 0. The molecule has 0 radical (unpaired) electrons. The van der Waals surface area contributed by atoms with Crippen molar-refractivity contribution in [3.8, 4) is 0 Å². The van der Waals surface area contributed by atoms with Crippen LogP contribution in [-0.2, 0) is 9.54 Å². The molecule has 1 amide bonds. The van der Waals surface area contributed by atoms with Gasteiger partial charge in [0.25, 0.3) is 5.91 Å². The Bertz CT molecular complexity index is 662. The summed E-state index contributed by atoms with van der Waals surface area (Å²) in [7, 11) is 0. The highest BCUT2D eigenvalue weighted by molar-refractivity contribution is 9.10. The summed E-state index contributed by atoms with van der Waals surface area (Å²) in [5.74, 6) is 2.56. The average Bonchev–Trinajstić information content (AvgIpc) is 3.15. The molecule has 2 aliphatic carbocycles. The maximum Gasteiger partial charge on any atom is 0.267 e. The summed E-state index contributed by atoms with van der Waals surface area (Å²) >= 11 is 5.04. The number of nitrogens with zero attached hydrogens (tertiary/aromatic N) is 2. The van der Waals surface area contributed by atoms with Crippen LogP contribution in [0.3, 0.4) is 0 Å². The van der Waals surface area contributed by atoms with Gasteiger partial charge in [-0.25, -0.2) is 9.98 Å². The summed E-state index contributed by atoms with van der Waals surface area (Å²) < 4.78 is 0.180. The number of carbonyl (C=O) groups is 1. The van der Waals surface area contributed by atoms with E-state index in [9.17, 15) is 4.79 Å². The van der Waals surface area contributed by atoms with Crippen molar-refractivity contribution in [1.29, 1.82) is 0 Å². The average molecular weight is 379 g/mol. The number of fused-ring (bicyclic) bond motifs is 2. The molecule has 116 valence electrons. The molecule has 4 rings (SSSR count). The number of amides is 1. The normalized spacial score (nSPS) is 36.9. The Kier molecular flexibility index (Phi) is 3.68. The first kappa shape index (κ1) is 14.9. The molecule has 5 heteroatoms. The molecule has 3 aliphatic rings. The van der Waals surface area contributed by atoms with Gasteiger partial charge in [0.05, 0.1) is 5.04 Å². The minimum absolute atomic E-state index is 0.0197. The summed E-state index contributed by atoms with van der Waals surface area (Å²) in [6, 6.07) is 3.85. The molecule has 1 aliphatic heterocycles. The molecule has 4 atom stereocenters. The molecule has 2 bridgehead atoms. The maximum atomic E-state index is 12.5. The van der Waals surface area contributed by atoms with E-state index in [4.69, 9.17) is 0 Å². The summed E-state index contributed by atoms with van der Waals surface area (Å²) in [6.45, 7) is 1.99. The van der Waals surface area contributed by atoms with Crippen molar-refractivity contribution in [2.24, 2.45) is 22.7 Å². The summed E-state index contributed by atoms with van der Waals surface area (Å²) in [5, 5.41) is 1.04. The highest BCUT2D eigenvalue weighted by Crippen LogP contribution is 2.52. The van der Waals surface area contributed by atoms with Crippen LogP contribution < -0.4 is 0 Å². The Hall–Kier alpha value is -0.680. The molecule has 22 heavy (non-hydrogen) atoms. The molecule has 3 nitrogen and oxygen atoms in total. The molecule has 2 saturated carbocycles. The molecule has 1 aromatic heterocycles. The standard InChI is InChI=1S/C17H19BrN2OS/c1-17(13-4-5-19-14(18)9-13)16(21)20-15(22-17)8-12-7-10-2-3-11(12)6-10/h4-5,9-12H,2-3,6-8H2,1H3. The fourth-order valence-corrected chi connectivity index (χ4v) is 5.98. The molecule has 0 aromatic carbocycles. The SMILES string of the molecule is CC1(c2ccnc(Br)c2)SC(CC2CC3CCC2C3)=NC1=O. The van der Waals surface area contributed by atoms with Gasteiger partial charge in [-0.05, 0) is 84.0 Å². The second-order valence-electron chi connectivity index (χ2n) is 6.95. The van der Waals surface area contributed by atoms with Crippen molar-refractivity contribution >= 4 is 38.6 Å². The van der Waals surface area contributed by atoms with Gasteiger partial charge >= 0.3 is 0 Å². The van der Waals surface area contributed by atoms with Crippen LogP contribution in [0.4, 0.5) is 0 Å². The van der Waals surface area contributed by atoms with Gasteiger partial charge < -0.3 is 0 Å². The van der Waals surface area contributed by atoms with Crippen molar-refractivity contribution in [2.45, 2.75) is 43.8 Å². The van der Waals surface area contributed by atoms with Gasteiger partial charge in [0.15, 0.2) is 0 Å². The van der Waals surface area contributed by atoms with Gasteiger partial charge in [0.1, 0.15) is 9.35 Å². The molecule has 2 fully saturated rings. The summed E-state index contributed by atoms with van der Waals surface area (Å²) in [6.07, 6.45) is 8.30. The van der Waals surface area contributed by atoms with Gasteiger partial charge in [-0.15, -0.1) is 0 Å². The third-order valence-corrected chi connectivity index (χ3v) is 7.30. The van der Waals surface area contributed by atoms with E-state index in [0.29, 0.717) is 0 Å². The Labute approximate surface area is 143 Å². The maximum absolute atomic E-state index is 12.5. The van der Waals surface area contributed by atoms with E-state index in [-0.39, 0.29) is 5.91 Å². The zero-order valence-corrected chi connectivity index (χ0v) is 15.0. The van der Waals surface area contributed by atoms with E-state index in [1.54, 1.807) is 18.0 Å². The molecular formula is C17H19BrN2OS. The van der Waals surface area contributed by atoms with Crippen molar-refractivity contribution in [3.05, 3.63) is 28.5 Å². The first-order valence-corrected chi connectivity index (χ1v) is 9.58. The molecule has 1 aromatic rings. The zero-order chi connectivity index (χ0) is 15.3. The number of aliphatic imine (C=N–C) groups is 1. The smallest absolute Gasteiger partial charge is 0.267 e. The van der Waals surface area contributed by atoms with Crippen LogP contribution in [-0.4, -0.2) is 15.9 Å². The molecule has 0 spiro atoms. The predicted molar refractivity (Wildman–Crippen MR) is 92.9 cm³/mol. The first-order valence-electron chi connectivity index (χ1n) is 7.97. The monoisotopic (exact) mass is 378 g/mol. The van der Waals surface area contributed by atoms with E-state index >= 15 is 0 Å². The lowest BCUT2D eigenvalue weighted by Crippen LogP contribution is -2.24. The van der Waals surface area contributed by atoms with Crippen LogP contribution >= 0.6 is 27.7 Å². The Morgan fingerprint density at radius 2 is 2.27 bits per heavy atom. The van der Waals surface area contributed by atoms with Crippen LogP contribution in [0.15, 0.2) is 27.9 Å². The van der Waals surface area contributed by atoms with E-state index < -0.39 is 4.75 Å². The van der Waals surface area contributed by atoms with Gasteiger partial charge in [-0.2, -0.15) is 0 Å². The van der Waals surface area contributed by atoms with Crippen molar-refractivity contribution < 1.29 is 4.79 Å². The fourth-order valence-electron chi connectivity index (χ4n) is 4.34. The van der Waals surface area contributed by atoms with E-state index in [1.165, 1.54) is 25.7 Å². The predicted octanol–water partition coefficient (Wildman–Crippen LogP) is 4.56. The third kappa shape index (κ3) is 2.46. The molecular weight excluding hydrogens is 360 g/mol. The number of halogens is 1. The number of aromatic nitrogens is 1. The molecule has 2 heterocycles. The fraction of sp³-hybridized carbons (Fsp3) is 0.588. The number of pyridine rings is 1. The zero-order valence-electron chi connectivity index (χ0n) is 12.6. The number of carbonyl (C=O) groups excluding carboxylic acids is 1. The molecule has 4 unspecified atom stereocenters. The summed E-state index contributed by atoms with van der Waals surface area (Å²) in [5.41, 5.74) is 0.982. The van der Waals surface area contributed by atoms with E-state index in [0.717, 1.165) is 39.4 Å². The number of hydrogen-bond acceptors (Lipinski definition) is 3. The quantitative estimate of drug-likeness (QED) is 0.724. The summed E-state index contributed by atoms with van der Waals surface area (Å²) in [4.78, 5) is 21.1. The van der Waals surface area contributed by atoms with Gasteiger partial charge in [0, 0.05) is 6.20 Å². The van der Waals surface area contributed by atoms with Crippen LogP contribution in [0.2, 0.25) is 0 Å². The highest BCUT2D eigenvalue weighted by Gasteiger charge is 2.45. The molecule has 0 N–H and O–H groups in total. The van der Waals surface area contributed by atoms with Crippen LogP contribution in [0.1, 0.15) is 44.6 Å². The van der Waals surface area contributed by atoms with Gasteiger partial charge in [0.2, 0.25) is 0 Å². The van der Waals surface area contributed by atoms with E-state index in [2.05, 4.69) is 25.9 Å². The van der Waals surface area contributed by atoms with Crippen molar-refractivity contribution in [2.75, 3.05) is 0 Å². The second-order valence-corrected chi connectivity index (χ2v) is 9.26. The first-order chi connectivity index (χ1) is 10.5. The van der Waals surface area contributed by atoms with Crippen molar-refractivity contribution in [3.63, 3.8) is 0 Å². The third-order valence-electron chi connectivity index (χ3n) is 5.56. The van der Waals surface area contributed by atoms with Crippen LogP contribution in [0, 0.1) is 17.8 Å². The van der Waals surface area contributed by atoms with Gasteiger partial charge in [-0.3, -0.25) is 4.79 Å². The Morgan fingerprint density at radius 1 is 1.41 bits per heavy atom. The van der Waals surface area contributed by atoms with Crippen LogP contribution in [0.5, 0.6) is 0 Å². The largest absolute Gasteiger partial charge is 0.271 e. The van der Waals surface area contributed by atoms with Crippen molar-refractivity contribution in [1.82, 2.24) is 4.98 Å². The lowest BCUT2D eigenvalue weighted by atomic mass is 9.87. The lowest BCUT2D eigenvalue weighted by molar-refractivity contribution is -0.119. The Balaban J connectivity index is 1.51. The highest BCUT2D eigenvalue weighted by atomic mass is 79.9. The number of thioether (sulfide) groups is 1. The second kappa shape index (κ2) is 5.45. The Morgan fingerprint density at radius 3 is 2.95 bits per heavy atom. The lowest BCUT2D eigenvalue weighted by Gasteiger charge is -2.23. The number of rotatable bonds is 3. The van der Waals surface area contributed by atoms with E-state index in [1.807, 2.05) is 19.1 Å². The minimum Gasteiger partial charge on any atom is -0.271 e. The minimum atomic E-state index is -0.585. The topological polar surface area (TPSA) is 42.3 Å². The van der Waals surface area contributed by atoms with Gasteiger partial charge in [-0.1, -0.05) is 18.2 Å². The van der Waals surface area contributed by atoms with Crippen LogP contribution in [0.25, 0.3) is 0 Å². The molecule has 0 saturated heterocycles.